The Kier molecular flexibility index (Phi) is 8.59. The first kappa shape index (κ1) is 31.0. The predicted molar refractivity (Wildman–Crippen MR) is 163 cm³/mol. The van der Waals surface area contributed by atoms with Crippen molar-refractivity contribution in [2.45, 2.75) is 51.4 Å². The molecule has 2 aromatic carbocycles. The number of piperidine rings is 2. The van der Waals surface area contributed by atoms with Gasteiger partial charge in [-0.05, 0) is 74.4 Å². The molecule has 234 valence electrons. The number of rotatable bonds is 9. The van der Waals surface area contributed by atoms with Crippen molar-refractivity contribution in [1.29, 1.82) is 0 Å². The molecule has 2 saturated heterocycles. The molecule has 1 aliphatic carbocycles. The fraction of sp³-hybridized carbons (Fsp3) is 0.533. The minimum absolute atomic E-state index is 0.0527. The van der Waals surface area contributed by atoms with E-state index in [1.165, 1.54) is 27.0 Å². The molecule has 3 aliphatic rings. The predicted octanol–water partition coefficient (Wildman–Crippen LogP) is 4.95. The molecular weight excluding hydrogens is 580 g/mol. The Bertz CT molecular complexity index is 1480. The quantitative estimate of drug-likeness (QED) is 0.382. The van der Waals surface area contributed by atoms with Crippen LogP contribution in [0, 0.1) is 5.41 Å². The zero-order valence-electron chi connectivity index (χ0n) is 24.8. The van der Waals surface area contributed by atoms with Crippen LogP contribution in [0.25, 0.3) is 0 Å². The van der Waals surface area contributed by atoms with Crippen LogP contribution < -0.4 is 19.8 Å². The van der Waals surface area contributed by atoms with Gasteiger partial charge < -0.3 is 15.1 Å². The average molecular weight is 620 g/mol. The Balaban J connectivity index is 1.44. The molecule has 2 heterocycles. The van der Waals surface area contributed by atoms with Crippen molar-refractivity contribution in [3.05, 3.63) is 47.5 Å². The Hall–Kier alpha value is -3.45. The van der Waals surface area contributed by atoms with E-state index in [2.05, 4.69) is 14.9 Å². The highest BCUT2D eigenvalue weighted by Gasteiger charge is 2.44. The molecule has 3 fully saturated rings. The van der Waals surface area contributed by atoms with E-state index < -0.39 is 27.8 Å². The smallest absolute Gasteiger partial charge is 0.279 e. The number of anilines is 4. The monoisotopic (exact) mass is 619 g/mol. The Labute approximate surface area is 251 Å². The summed E-state index contributed by atoms with van der Waals surface area (Å²) in [6.07, 6.45) is 3.80. The van der Waals surface area contributed by atoms with Crippen LogP contribution in [0.1, 0.15) is 66.2 Å². The Morgan fingerprint density at radius 2 is 1.42 bits per heavy atom. The Morgan fingerprint density at radius 1 is 0.884 bits per heavy atom. The van der Waals surface area contributed by atoms with Crippen molar-refractivity contribution in [2.75, 3.05) is 65.9 Å². The van der Waals surface area contributed by atoms with Crippen molar-refractivity contribution in [3.8, 4) is 0 Å². The fourth-order valence-electron chi connectivity index (χ4n) is 5.78. The normalized spacial score (nSPS) is 19.2. The summed E-state index contributed by atoms with van der Waals surface area (Å²) >= 11 is 0. The number of hydrogen-bond acceptors (Lipinski definition) is 7. The molecule has 0 aromatic heterocycles. The number of halogens is 2. The van der Waals surface area contributed by atoms with Crippen LogP contribution in [-0.4, -0.2) is 77.3 Å². The van der Waals surface area contributed by atoms with Gasteiger partial charge >= 0.3 is 0 Å². The molecule has 2 aliphatic heterocycles. The SMILES string of the molecule is CCS(=O)(=O)Nc1ccc(C(=O)Nc2ccc(C(=O)N(C)OC)c(N3CCC(F)(F)CC3)c2)c(N2CCC3(CC2)CC3)c1. The van der Waals surface area contributed by atoms with Gasteiger partial charge in [-0.1, -0.05) is 0 Å². The number of hydrogen-bond donors (Lipinski definition) is 2. The molecule has 0 unspecified atom stereocenters. The molecule has 5 rings (SSSR count). The van der Waals surface area contributed by atoms with Crippen molar-refractivity contribution in [2.24, 2.45) is 5.41 Å². The van der Waals surface area contributed by atoms with E-state index >= 15 is 0 Å². The van der Waals surface area contributed by atoms with Crippen molar-refractivity contribution in [3.63, 3.8) is 0 Å². The number of nitrogens with zero attached hydrogens (tertiary/aromatic N) is 3. The van der Waals surface area contributed by atoms with E-state index in [1.54, 1.807) is 48.2 Å². The third-order valence-electron chi connectivity index (χ3n) is 8.90. The number of amides is 2. The Morgan fingerprint density at radius 3 is 2.00 bits per heavy atom. The average Bonchev–Trinajstić information content (AvgIpc) is 3.74. The maximum atomic E-state index is 13.9. The molecule has 1 spiro atoms. The standard InChI is InChI=1S/C30H39F2N5O5S/c1-4-43(40,41)34-22-6-7-23(25(20-22)36-15-11-29(9-10-29)12-16-36)27(38)33-21-5-8-24(28(39)35(2)42-3)26(19-21)37-17-13-30(31,32)14-18-37/h5-8,19-20,34H,4,9-18H2,1-3H3,(H,33,38). The number of benzene rings is 2. The van der Waals surface area contributed by atoms with E-state index in [9.17, 15) is 26.8 Å². The first-order valence-corrected chi connectivity index (χ1v) is 16.3. The molecule has 0 bridgehead atoms. The summed E-state index contributed by atoms with van der Waals surface area (Å²) in [6, 6.07) is 9.66. The number of sulfonamides is 1. The van der Waals surface area contributed by atoms with Gasteiger partial charge in [-0.15, -0.1) is 0 Å². The van der Waals surface area contributed by atoms with Crippen LogP contribution in [0.15, 0.2) is 36.4 Å². The minimum atomic E-state index is -3.51. The van der Waals surface area contributed by atoms with Crippen LogP contribution in [0.4, 0.5) is 31.5 Å². The van der Waals surface area contributed by atoms with Gasteiger partial charge in [0, 0.05) is 51.8 Å². The van der Waals surface area contributed by atoms with Gasteiger partial charge in [-0.3, -0.25) is 19.1 Å². The lowest BCUT2D eigenvalue weighted by Gasteiger charge is -2.35. The highest BCUT2D eigenvalue weighted by Crippen LogP contribution is 2.54. The highest BCUT2D eigenvalue weighted by atomic mass is 32.2. The van der Waals surface area contributed by atoms with Crippen LogP contribution in [0.3, 0.4) is 0 Å². The zero-order valence-corrected chi connectivity index (χ0v) is 25.6. The second-order valence-electron chi connectivity index (χ2n) is 11.7. The molecule has 0 radical (unpaired) electrons. The molecule has 13 heteroatoms. The summed E-state index contributed by atoms with van der Waals surface area (Å²) in [4.78, 5) is 35.7. The second kappa shape index (κ2) is 11.9. The lowest BCUT2D eigenvalue weighted by atomic mass is 9.93. The summed E-state index contributed by atoms with van der Waals surface area (Å²) in [5, 5.41) is 3.97. The van der Waals surface area contributed by atoms with Crippen molar-refractivity contribution < 1.29 is 31.6 Å². The zero-order chi connectivity index (χ0) is 31.0. The summed E-state index contributed by atoms with van der Waals surface area (Å²) in [5.74, 6) is -3.70. The first-order chi connectivity index (χ1) is 20.3. The number of alkyl halides is 2. The van der Waals surface area contributed by atoms with Crippen molar-refractivity contribution >= 4 is 44.6 Å². The van der Waals surface area contributed by atoms with Gasteiger partial charge in [-0.25, -0.2) is 22.3 Å². The molecule has 10 nitrogen and oxygen atoms in total. The third kappa shape index (κ3) is 7.04. The molecule has 0 atom stereocenters. The van der Waals surface area contributed by atoms with E-state index in [1.807, 2.05) is 0 Å². The van der Waals surface area contributed by atoms with Crippen LogP contribution in [0.5, 0.6) is 0 Å². The van der Waals surface area contributed by atoms with E-state index in [-0.39, 0.29) is 37.2 Å². The lowest BCUT2D eigenvalue weighted by Crippen LogP contribution is -2.40. The van der Waals surface area contributed by atoms with Crippen LogP contribution >= 0.6 is 0 Å². The number of carbonyl (C=O) groups is 2. The number of carbonyl (C=O) groups excluding carboxylic acids is 2. The molecule has 1 saturated carbocycles. The molecule has 2 aromatic rings. The van der Waals surface area contributed by atoms with Crippen LogP contribution in [0.2, 0.25) is 0 Å². The second-order valence-corrected chi connectivity index (χ2v) is 13.7. The van der Waals surface area contributed by atoms with Gasteiger partial charge in [0.1, 0.15) is 0 Å². The summed E-state index contributed by atoms with van der Waals surface area (Å²) in [5.41, 5.74) is 2.90. The number of hydroxylamine groups is 2. The fourth-order valence-corrected chi connectivity index (χ4v) is 6.41. The number of nitrogens with one attached hydrogen (secondary N) is 2. The minimum Gasteiger partial charge on any atom is -0.371 e. The molecule has 2 N–H and O–H groups in total. The maximum Gasteiger partial charge on any atom is 0.279 e. The molecule has 2 amide bonds. The summed E-state index contributed by atoms with van der Waals surface area (Å²) in [6.45, 7) is 3.19. The van der Waals surface area contributed by atoms with E-state index in [0.29, 0.717) is 33.7 Å². The van der Waals surface area contributed by atoms with E-state index in [4.69, 9.17) is 4.84 Å². The molecule has 43 heavy (non-hydrogen) atoms. The summed E-state index contributed by atoms with van der Waals surface area (Å²) < 4.78 is 55.0. The van der Waals surface area contributed by atoms with Crippen molar-refractivity contribution in [1.82, 2.24) is 5.06 Å². The molecular formula is C30H39F2N5O5S. The van der Waals surface area contributed by atoms with Gasteiger partial charge in [0.15, 0.2) is 0 Å². The van der Waals surface area contributed by atoms with Gasteiger partial charge in [0.25, 0.3) is 17.7 Å². The van der Waals surface area contributed by atoms with Gasteiger partial charge in [0.2, 0.25) is 10.0 Å². The maximum absolute atomic E-state index is 13.9. The topological polar surface area (TPSA) is 111 Å². The highest BCUT2D eigenvalue weighted by molar-refractivity contribution is 7.92. The van der Waals surface area contributed by atoms with Gasteiger partial charge in [-0.2, -0.15) is 0 Å². The first-order valence-electron chi connectivity index (χ1n) is 14.6. The van der Waals surface area contributed by atoms with E-state index in [0.717, 1.165) is 31.0 Å². The lowest BCUT2D eigenvalue weighted by molar-refractivity contribution is -0.0756. The van der Waals surface area contributed by atoms with Gasteiger partial charge in [0.05, 0.1) is 41.1 Å². The largest absolute Gasteiger partial charge is 0.371 e. The summed E-state index contributed by atoms with van der Waals surface area (Å²) in [7, 11) is -0.693. The third-order valence-corrected chi connectivity index (χ3v) is 10.2. The van der Waals surface area contributed by atoms with Crippen LogP contribution in [-0.2, 0) is 14.9 Å².